The van der Waals surface area contributed by atoms with E-state index in [2.05, 4.69) is 20.6 Å². The largest absolute Gasteiger partial charge is 0.466 e. The lowest BCUT2D eigenvalue weighted by molar-refractivity contribution is -0.149. The highest BCUT2D eigenvalue weighted by Crippen LogP contribution is 2.25. The van der Waals surface area contributed by atoms with Crippen LogP contribution in [0.5, 0.6) is 0 Å². The average molecular weight is 480 g/mol. The van der Waals surface area contributed by atoms with Crippen molar-refractivity contribution in [2.24, 2.45) is 10.9 Å². The number of aliphatic imine (C=N–C) groups is 1. The topological polar surface area (TPSA) is 75.6 Å². The number of hydrogen-bond donors (Lipinski definition) is 2. The van der Waals surface area contributed by atoms with Crippen molar-refractivity contribution in [1.29, 1.82) is 0 Å². The standard InChI is InChI=1S/C17H28N4O2S.HI/c1-5-23-16(22)13-6-8-14(9-7-13)21-17(18-4)19-10-15-11(2)20-12(3)24-15;/h13-14H,5-10H2,1-4H3,(H2,18,19,21);1H. The van der Waals surface area contributed by atoms with Crippen LogP contribution in [0.4, 0.5) is 0 Å². The lowest BCUT2D eigenvalue weighted by Crippen LogP contribution is -2.45. The number of esters is 1. The second kappa shape index (κ2) is 10.9. The molecule has 0 atom stereocenters. The molecule has 0 aromatic carbocycles. The van der Waals surface area contributed by atoms with E-state index < -0.39 is 0 Å². The van der Waals surface area contributed by atoms with Gasteiger partial charge in [-0.2, -0.15) is 0 Å². The van der Waals surface area contributed by atoms with Gasteiger partial charge in [0.05, 0.1) is 29.8 Å². The maximum atomic E-state index is 11.8. The van der Waals surface area contributed by atoms with Crippen molar-refractivity contribution < 1.29 is 9.53 Å². The fraction of sp³-hybridized carbons (Fsp3) is 0.706. The van der Waals surface area contributed by atoms with Gasteiger partial charge < -0.3 is 15.4 Å². The van der Waals surface area contributed by atoms with Crippen LogP contribution in [0, 0.1) is 19.8 Å². The van der Waals surface area contributed by atoms with Crippen molar-refractivity contribution in [3.05, 3.63) is 15.6 Å². The third-order valence-electron chi connectivity index (χ3n) is 4.33. The number of aromatic nitrogens is 1. The number of ether oxygens (including phenoxy) is 1. The lowest BCUT2D eigenvalue weighted by Gasteiger charge is -2.29. The van der Waals surface area contributed by atoms with Gasteiger partial charge in [-0.1, -0.05) is 0 Å². The first kappa shape index (κ1) is 22.1. The molecular weight excluding hydrogens is 451 g/mol. The molecule has 142 valence electrons. The van der Waals surface area contributed by atoms with Crippen LogP contribution in [-0.2, 0) is 16.1 Å². The second-order valence-electron chi connectivity index (χ2n) is 6.11. The zero-order valence-electron chi connectivity index (χ0n) is 15.4. The Labute approximate surface area is 171 Å². The number of halogens is 1. The van der Waals surface area contributed by atoms with E-state index in [1.807, 2.05) is 20.8 Å². The number of thiazole rings is 1. The number of carbonyl (C=O) groups is 1. The third kappa shape index (κ3) is 6.73. The van der Waals surface area contributed by atoms with Crippen LogP contribution in [0.15, 0.2) is 4.99 Å². The molecule has 1 aromatic rings. The molecule has 8 heteroatoms. The molecule has 1 aliphatic carbocycles. The van der Waals surface area contributed by atoms with E-state index in [-0.39, 0.29) is 35.9 Å². The summed E-state index contributed by atoms with van der Waals surface area (Å²) < 4.78 is 5.12. The van der Waals surface area contributed by atoms with Crippen LogP contribution in [-0.4, -0.2) is 36.6 Å². The van der Waals surface area contributed by atoms with Gasteiger partial charge in [-0.15, -0.1) is 35.3 Å². The van der Waals surface area contributed by atoms with E-state index in [9.17, 15) is 4.79 Å². The molecule has 0 radical (unpaired) electrons. The predicted octanol–water partition coefficient (Wildman–Crippen LogP) is 3.16. The van der Waals surface area contributed by atoms with Gasteiger partial charge in [0.1, 0.15) is 0 Å². The smallest absolute Gasteiger partial charge is 0.308 e. The summed E-state index contributed by atoms with van der Waals surface area (Å²) in [6.45, 7) is 7.11. The Balaban J connectivity index is 0.00000312. The number of guanidine groups is 1. The molecule has 1 heterocycles. The number of hydrogen-bond acceptors (Lipinski definition) is 5. The second-order valence-corrected chi connectivity index (χ2v) is 7.40. The maximum Gasteiger partial charge on any atom is 0.308 e. The summed E-state index contributed by atoms with van der Waals surface area (Å²) in [5.74, 6) is 0.815. The summed E-state index contributed by atoms with van der Waals surface area (Å²) in [5.41, 5.74) is 1.08. The molecule has 2 rings (SSSR count). The number of nitrogens with zero attached hydrogens (tertiary/aromatic N) is 2. The Bertz CT molecular complexity index is 583. The van der Waals surface area contributed by atoms with Gasteiger partial charge in [0.2, 0.25) is 0 Å². The van der Waals surface area contributed by atoms with Crippen molar-refractivity contribution in [3.63, 3.8) is 0 Å². The van der Waals surface area contributed by atoms with E-state index in [0.717, 1.165) is 48.9 Å². The SMILES string of the molecule is CCOC(=O)C1CCC(NC(=NC)NCc2sc(C)nc2C)CC1.I. The Morgan fingerprint density at radius 1 is 1.32 bits per heavy atom. The van der Waals surface area contributed by atoms with Gasteiger partial charge in [-0.3, -0.25) is 9.79 Å². The van der Waals surface area contributed by atoms with E-state index in [1.165, 1.54) is 4.88 Å². The molecule has 0 aliphatic heterocycles. The lowest BCUT2D eigenvalue weighted by atomic mass is 9.86. The first-order chi connectivity index (χ1) is 11.5. The number of rotatable bonds is 5. The third-order valence-corrected chi connectivity index (χ3v) is 5.40. The first-order valence-electron chi connectivity index (χ1n) is 8.60. The normalized spacial score (nSPS) is 20.6. The molecule has 1 fully saturated rings. The van der Waals surface area contributed by atoms with Gasteiger partial charge in [-0.05, 0) is 46.5 Å². The summed E-state index contributed by atoms with van der Waals surface area (Å²) in [6, 6.07) is 0.353. The molecule has 0 spiro atoms. The quantitative estimate of drug-likeness (QED) is 0.293. The molecule has 1 aliphatic rings. The highest BCUT2D eigenvalue weighted by Gasteiger charge is 2.27. The van der Waals surface area contributed by atoms with Crippen LogP contribution in [0.2, 0.25) is 0 Å². The van der Waals surface area contributed by atoms with Crippen LogP contribution in [0.1, 0.15) is 48.2 Å². The fourth-order valence-electron chi connectivity index (χ4n) is 3.02. The summed E-state index contributed by atoms with van der Waals surface area (Å²) in [6.07, 6.45) is 3.67. The molecule has 0 saturated heterocycles. The monoisotopic (exact) mass is 480 g/mol. The Morgan fingerprint density at radius 2 is 2.00 bits per heavy atom. The minimum Gasteiger partial charge on any atom is -0.466 e. The van der Waals surface area contributed by atoms with E-state index >= 15 is 0 Å². The predicted molar refractivity (Wildman–Crippen MR) is 113 cm³/mol. The van der Waals surface area contributed by atoms with Gasteiger partial charge >= 0.3 is 5.97 Å². The zero-order chi connectivity index (χ0) is 17.5. The van der Waals surface area contributed by atoms with Crippen LogP contribution in [0.3, 0.4) is 0 Å². The molecule has 25 heavy (non-hydrogen) atoms. The highest BCUT2D eigenvalue weighted by molar-refractivity contribution is 14.0. The number of carbonyl (C=O) groups excluding carboxylic acids is 1. The maximum absolute atomic E-state index is 11.8. The molecular formula is C17H29IN4O2S. The first-order valence-corrected chi connectivity index (χ1v) is 9.41. The van der Waals surface area contributed by atoms with Crippen molar-refractivity contribution in [3.8, 4) is 0 Å². The molecule has 1 aromatic heterocycles. The van der Waals surface area contributed by atoms with Gasteiger partial charge in [0.25, 0.3) is 0 Å². The van der Waals surface area contributed by atoms with Gasteiger partial charge in [0, 0.05) is 18.0 Å². The summed E-state index contributed by atoms with van der Waals surface area (Å²) in [5, 5.41) is 7.91. The Morgan fingerprint density at radius 3 is 2.52 bits per heavy atom. The Hall–Kier alpha value is -0.900. The molecule has 0 bridgehead atoms. The Kier molecular flexibility index (Phi) is 9.70. The number of nitrogens with one attached hydrogen (secondary N) is 2. The zero-order valence-corrected chi connectivity index (χ0v) is 18.6. The summed E-state index contributed by atoms with van der Waals surface area (Å²) in [4.78, 5) is 21.8. The van der Waals surface area contributed by atoms with Crippen molar-refractivity contribution in [2.45, 2.75) is 59.0 Å². The van der Waals surface area contributed by atoms with Crippen LogP contribution >= 0.6 is 35.3 Å². The fourth-order valence-corrected chi connectivity index (χ4v) is 3.90. The average Bonchev–Trinajstić information content (AvgIpc) is 2.89. The minimum atomic E-state index is -0.0468. The summed E-state index contributed by atoms with van der Waals surface area (Å²) in [7, 11) is 1.78. The molecule has 1 saturated carbocycles. The van der Waals surface area contributed by atoms with E-state index in [4.69, 9.17) is 4.74 Å². The molecule has 2 N–H and O–H groups in total. The van der Waals surface area contributed by atoms with Crippen molar-refractivity contribution in [1.82, 2.24) is 15.6 Å². The van der Waals surface area contributed by atoms with Gasteiger partial charge in [-0.25, -0.2) is 4.98 Å². The van der Waals surface area contributed by atoms with Gasteiger partial charge in [0.15, 0.2) is 5.96 Å². The van der Waals surface area contributed by atoms with Crippen LogP contribution in [0.25, 0.3) is 0 Å². The molecule has 6 nitrogen and oxygen atoms in total. The van der Waals surface area contributed by atoms with E-state index in [0.29, 0.717) is 12.6 Å². The molecule has 0 unspecified atom stereocenters. The van der Waals surface area contributed by atoms with Crippen molar-refractivity contribution in [2.75, 3.05) is 13.7 Å². The minimum absolute atomic E-state index is 0. The number of aryl methyl sites for hydroxylation is 2. The van der Waals surface area contributed by atoms with E-state index in [1.54, 1.807) is 18.4 Å². The van der Waals surface area contributed by atoms with Crippen LogP contribution < -0.4 is 10.6 Å². The highest BCUT2D eigenvalue weighted by atomic mass is 127. The summed E-state index contributed by atoms with van der Waals surface area (Å²) >= 11 is 1.71. The molecule has 0 amide bonds. The van der Waals surface area contributed by atoms with Crippen molar-refractivity contribution >= 4 is 47.2 Å².